The van der Waals surface area contributed by atoms with Crippen molar-refractivity contribution < 1.29 is 26.3 Å². The van der Waals surface area contributed by atoms with E-state index in [1.54, 1.807) is 12.1 Å². The van der Waals surface area contributed by atoms with Gasteiger partial charge in [-0.15, -0.1) is 0 Å². The fourth-order valence-electron chi connectivity index (χ4n) is 3.06. The van der Waals surface area contributed by atoms with Gasteiger partial charge in [0.15, 0.2) is 0 Å². The third-order valence-corrected chi connectivity index (χ3v) is 6.29. The summed E-state index contributed by atoms with van der Waals surface area (Å²) < 4.78 is 71.6. The van der Waals surface area contributed by atoms with Crippen LogP contribution in [0.25, 0.3) is 0 Å². The number of hydrogen-bond acceptors (Lipinski definition) is 6. The van der Waals surface area contributed by atoms with E-state index >= 15 is 0 Å². The van der Waals surface area contributed by atoms with Crippen molar-refractivity contribution in [3.05, 3.63) is 42.0 Å². The van der Waals surface area contributed by atoms with Crippen LogP contribution in [-0.4, -0.2) is 52.9 Å². The number of aromatic nitrogens is 1. The first-order chi connectivity index (χ1) is 14.1. The van der Waals surface area contributed by atoms with Crippen molar-refractivity contribution in [3.63, 3.8) is 0 Å². The van der Waals surface area contributed by atoms with E-state index < -0.39 is 22.1 Å². The lowest BCUT2D eigenvalue weighted by Crippen LogP contribution is -2.43. The number of ether oxygens (including phenoxy) is 1. The van der Waals surface area contributed by atoms with Crippen molar-refractivity contribution in [1.82, 2.24) is 10.3 Å². The van der Waals surface area contributed by atoms with Crippen molar-refractivity contribution in [1.29, 1.82) is 0 Å². The molecule has 0 radical (unpaired) electrons. The molecule has 2 heterocycles. The molecule has 1 aromatic carbocycles. The summed E-state index contributed by atoms with van der Waals surface area (Å²) in [5.41, 5.74) is 0.130. The Bertz CT molecular complexity index is 976. The van der Waals surface area contributed by atoms with Gasteiger partial charge in [-0.3, -0.25) is 4.72 Å². The number of anilines is 2. The van der Waals surface area contributed by atoms with Crippen LogP contribution in [0.4, 0.5) is 24.7 Å². The van der Waals surface area contributed by atoms with Gasteiger partial charge < -0.3 is 15.0 Å². The molecule has 0 amide bonds. The molecule has 0 spiro atoms. The number of nitrogens with zero attached hydrogens (tertiary/aromatic N) is 2. The Morgan fingerprint density at radius 2 is 1.77 bits per heavy atom. The summed E-state index contributed by atoms with van der Waals surface area (Å²) in [6.07, 6.45) is -4.40. The lowest BCUT2D eigenvalue weighted by atomic mass is 10.0. The molecule has 2 N–H and O–H groups in total. The van der Waals surface area contributed by atoms with Gasteiger partial charge in [-0.25, -0.2) is 8.42 Å². The Morgan fingerprint density at radius 3 is 2.33 bits per heavy atom. The zero-order valence-electron chi connectivity index (χ0n) is 16.5. The first kappa shape index (κ1) is 22.2. The standard InChI is InChI=1S/C19H23F3N4O3S/c1-13(19(20,21)22)14-3-5-15(6-4-14)30(27,28)25-16-7-8-17(24-18(16)29-2)26-11-9-23-10-12-26/h3-8,13,23,25H,9-12H2,1-2H3/t13-/m0/s1. The summed E-state index contributed by atoms with van der Waals surface area (Å²) >= 11 is 0. The van der Waals surface area contributed by atoms with E-state index in [-0.39, 0.29) is 22.0 Å². The summed E-state index contributed by atoms with van der Waals surface area (Å²) in [5, 5.41) is 3.24. The molecule has 1 aromatic heterocycles. The maximum Gasteiger partial charge on any atom is 0.395 e. The van der Waals surface area contributed by atoms with E-state index in [9.17, 15) is 21.6 Å². The van der Waals surface area contributed by atoms with Gasteiger partial charge in [0.1, 0.15) is 11.5 Å². The molecule has 164 valence electrons. The second-order valence-corrected chi connectivity index (χ2v) is 8.58. The Morgan fingerprint density at radius 1 is 1.13 bits per heavy atom. The minimum atomic E-state index is -4.40. The molecule has 1 saturated heterocycles. The number of sulfonamides is 1. The van der Waals surface area contributed by atoms with Gasteiger partial charge in [0, 0.05) is 26.2 Å². The van der Waals surface area contributed by atoms with Crippen molar-refractivity contribution >= 4 is 21.5 Å². The van der Waals surface area contributed by atoms with Gasteiger partial charge in [0.2, 0.25) is 5.88 Å². The smallest absolute Gasteiger partial charge is 0.395 e. The molecular formula is C19H23F3N4O3S. The van der Waals surface area contributed by atoms with E-state index in [1.165, 1.54) is 7.11 Å². The summed E-state index contributed by atoms with van der Waals surface area (Å²) in [7, 11) is -2.65. The van der Waals surface area contributed by atoms with Gasteiger partial charge >= 0.3 is 6.18 Å². The predicted molar refractivity (Wildman–Crippen MR) is 108 cm³/mol. The summed E-state index contributed by atoms with van der Waals surface area (Å²) in [5.74, 6) is -0.914. The number of alkyl halides is 3. The summed E-state index contributed by atoms with van der Waals surface area (Å²) in [6, 6.07) is 7.87. The lowest BCUT2D eigenvalue weighted by Gasteiger charge is -2.28. The number of benzene rings is 1. The van der Waals surface area contributed by atoms with Crippen LogP contribution in [0.5, 0.6) is 5.88 Å². The van der Waals surface area contributed by atoms with Crippen LogP contribution in [0.3, 0.4) is 0 Å². The Hall–Kier alpha value is -2.53. The highest BCUT2D eigenvalue weighted by molar-refractivity contribution is 7.92. The highest BCUT2D eigenvalue weighted by Gasteiger charge is 2.37. The van der Waals surface area contributed by atoms with Crippen LogP contribution in [0.2, 0.25) is 0 Å². The van der Waals surface area contributed by atoms with Crippen molar-refractivity contribution in [2.75, 3.05) is 42.9 Å². The number of piperazine rings is 1. The summed E-state index contributed by atoms with van der Waals surface area (Å²) in [6.45, 7) is 4.20. The SMILES string of the molecule is COc1nc(N2CCNCC2)ccc1NS(=O)(=O)c1ccc([C@H](C)C(F)(F)F)cc1. The Labute approximate surface area is 173 Å². The molecule has 0 unspecified atom stereocenters. The Balaban J connectivity index is 1.80. The van der Waals surface area contributed by atoms with E-state index in [0.717, 1.165) is 57.4 Å². The first-order valence-electron chi connectivity index (χ1n) is 9.32. The van der Waals surface area contributed by atoms with Crippen LogP contribution in [-0.2, 0) is 10.0 Å². The average molecular weight is 444 g/mol. The molecular weight excluding hydrogens is 421 g/mol. The molecule has 3 rings (SSSR count). The fraction of sp³-hybridized carbons (Fsp3) is 0.421. The monoisotopic (exact) mass is 444 g/mol. The van der Waals surface area contributed by atoms with Crippen molar-refractivity contribution in [2.45, 2.75) is 23.9 Å². The molecule has 0 aliphatic carbocycles. The molecule has 1 atom stereocenters. The maximum absolute atomic E-state index is 12.8. The average Bonchev–Trinajstić information content (AvgIpc) is 2.73. The molecule has 0 bridgehead atoms. The number of nitrogens with one attached hydrogen (secondary N) is 2. The molecule has 0 saturated carbocycles. The maximum atomic E-state index is 12.8. The lowest BCUT2D eigenvalue weighted by molar-refractivity contribution is -0.146. The van der Waals surface area contributed by atoms with Gasteiger partial charge in [0.25, 0.3) is 10.0 Å². The second-order valence-electron chi connectivity index (χ2n) is 6.90. The third-order valence-electron chi connectivity index (χ3n) is 4.91. The van der Waals surface area contributed by atoms with Gasteiger partial charge in [-0.05, 0) is 36.8 Å². The Kier molecular flexibility index (Phi) is 6.41. The molecule has 1 aliphatic heterocycles. The number of hydrogen-bond donors (Lipinski definition) is 2. The van der Waals surface area contributed by atoms with Gasteiger partial charge in [-0.2, -0.15) is 18.2 Å². The quantitative estimate of drug-likeness (QED) is 0.713. The van der Waals surface area contributed by atoms with Crippen LogP contribution in [0.1, 0.15) is 18.4 Å². The minimum Gasteiger partial charge on any atom is -0.479 e. The number of halogens is 3. The summed E-state index contributed by atoms with van der Waals surface area (Å²) in [4.78, 5) is 6.28. The normalized spacial score (nSPS) is 16.2. The molecule has 7 nitrogen and oxygen atoms in total. The van der Waals surface area contributed by atoms with Crippen LogP contribution in [0.15, 0.2) is 41.3 Å². The van der Waals surface area contributed by atoms with Crippen LogP contribution in [0, 0.1) is 0 Å². The van der Waals surface area contributed by atoms with Crippen LogP contribution >= 0.6 is 0 Å². The van der Waals surface area contributed by atoms with Gasteiger partial charge in [-0.1, -0.05) is 12.1 Å². The number of rotatable bonds is 6. The minimum absolute atomic E-state index is 0.0129. The molecule has 30 heavy (non-hydrogen) atoms. The largest absolute Gasteiger partial charge is 0.479 e. The first-order valence-corrected chi connectivity index (χ1v) is 10.8. The third kappa shape index (κ3) is 4.96. The van der Waals surface area contributed by atoms with E-state index in [0.29, 0.717) is 5.82 Å². The molecule has 11 heteroatoms. The predicted octanol–water partition coefficient (Wildman–Crippen LogP) is 2.97. The molecule has 1 aliphatic rings. The van der Waals surface area contributed by atoms with E-state index in [4.69, 9.17) is 4.74 Å². The van der Waals surface area contributed by atoms with E-state index in [1.807, 2.05) is 0 Å². The van der Waals surface area contributed by atoms with E-state index in [2.05, 4.69) is 19.9 Å². The molecule has 2 aromatic rings. The van der Waals surface area contributed by atoms with Crippen molar-refractivity contribution in [2.24, 2.45) is 0 Å². The second kappa shape index (κ2) is 8.68. The van der Waals surface area contributed by atoms with Crippen LogP contribution < -0.4 is 19.7 Å². The van der Waals surface area contributed by atoms with Crippen molar-refractivity contribution in [3.8, 4) is 5.88 Å². The zero-order valence-corrected chi connectivity index (χ0v) is 17.3. The fourth-order valence-corrected chi connectivity index (χ4v) is 4.12. The topological polar surface area (TPSA) is 83.6 Å². The highest BCUT2D eigenvalue weighted by Crippen LogP contribution is 2.35. The molecule has 1 fully saturated rings. The zero-order chi connectivity index (χ0) is 21.9. The van der Waals surface area contributed by atoms with Gasteiger partial charge in [0.05, 0.1) is 17.9 Å². The number of pyridine rings is 1. The highest BCUT2D eigenvalue weighted by atomic mass is 32.2. The number of methoxy groups -OCH3 is 1.